The zero-order chi connectivity index (χ0) is 25.6. The molecule has 3 rings (SSSR count). The van der Waals surface area contributed by atoms with Gasteiger partial charge in [0.15, 0.2) is 0 Å². The molecule has 0 spiro atoms. The number of aliphatic carboxylic acids is 1. The van der Waals surface area contributed by atoms with E-state index in [1.807, 2.05) is 57.1 Å². The van der Waals surface area contributed by atoms with Crippen LogP contribution < -0.4 is 10.6 Å². The predicted octanol–water partition coefficient (Wildman–Crippen LogP) is 3.46. The van der Waals surface area contributed by atoms with Gasteiger partial charge >= 0.3 is 12.1 Å². The first-order chi connectivity index (χ1) is 16.6. The fourth-order valence-electron chi connectivity index (χ4n) is 4.35. The molecule has 0 bridgehead atoms. The minimum Gasteiger partial charge on any atom is -0.480 e. The van der Waals surface area contributed by atoms with Gasteiger partial charge in [-0.3, -0.25) is 4.79 Å². The van der Waals surface area contributed by atoms with Gasteiger partial charge in [-0.2, -0.15) is 0 Å². The quantitative estimate of drug-likeness (QED) is 0.454. The molecule has 3 N–H and O–H groups in total. The van der Waals surface area contributed by atoms with Crippen molar-refractivity contribution in [3.8, 4) is 11.1 Å². The Bertz CT molecular complexity index is 1020. The number of nitrogens with zero attached hydrogens (tertiary/aromatic N) is 1. The summed E-state index contributed by atoms with van der Waals surface area (Å²) in [6, 6.07) is 15.3. The van der Waals surface area contributed by atoms with Crippen LogP contribution in [0.5, 0.6) is 0 Å². The van der Waals surface area contributed by atoms with Crippen LogP contribution in [0.25, 0.3) is 11.1 Å². The highest BCUT2D eigenvalue weighted by atomic mass is 16.5. The zero-order valence-electron chi connectivity index (χ0n) is 20.8. The number of ether oxygens (including phenoxy) is 1. The molecule has 1 aliphatic rings. The van der Waals surface area contributed by atoms with E-state index in [1.54, 1.807) is 0 Å². The highest BCUT2D eigenvalue weighted by molar-refractivity contribution is 5.84. The number of hydrogen-bond acceptors (Lipinski definition) is 5. The molecular formula is C27H35N3O5. The van der Waals surface area contributed by atoms with Crippen molar-refractivity contribution in [2.45, 2.75) is 38.6 Å². The van der Waals surface area contributed by atoms with Crippen LogP contribution >= 0.6 is 0 Å². The molecule has 188 valence electrons. The molecule has 2 aromatic carbocycles. The molecule has 2 amide bonds. The van der Waals surface area contributed by atoms with Crippen molar-refractivity contribution < 1.29 is 24.2 Å². The summed E-state index contributed by atoms with van der Waals surface area (Å²) in [7, 11) is 3.69. The fraction of sp³-hybridized carbons (Fsp3) is 0.444. The topological polar surface area (TPSA) is 108 Å². The molecule has 8 nitrogen and oxygen atoms in total. The van der Waals surface area contributed by atoms with E-state index in [1.165, 1.54) is 0 Å². The fourth-order valence-corrected chi connectivity index (χ4v) is 4.35. The normalized spacial score (nSPS) is 13.6. The second-order valence-corrected chi connectivity index (χ2v) is 10.1. The van der Waals surface area contributed by atoms with Gasteiger partial charge in [0, 0.05) is 25.4 Å². The number of nitrogens with one attached hydrogen (secondary N) is 2. The van der Waals surface area contributed by atoms with Gasteiger partial charge in [-0.15, -0.1) is 0 Å². The van der Waals surface area contributed by atoms with E-state index in [2.05, 4.69) is 34.9 Å². The number of alkyl carbamates (subject to hydrolysis) is 1. The molecule has 0 fully saturated rings. The number of carboxylic acid groups (broad SMARTS) is 1. The molecule has 0 aliphatic heterocycles. The first-order valence-electron chi connectivity index (χ1n) is 11.8. The third-order valence-electron chi connectivity index (χ3n) is 6.19. The van der Waals surface area contributed by atoms with Crippen molar-refractivity contribution in [2.75, 3.05) is 33.8 Å². The molecule has 1 atom stereocenters. The van der Waals surface area contributed by atoms with E-state index in [0.717, 1.165) is 22.3 Å². The minimum absolute atomic E-state index is 0.0259. The van der Waals surface area contributed by atoms with E-state index < -0.39 is 23.5 Å². The van der Waals surface area contributed by atoms with Crippen LogP contribution in [0.2, 0.25) is 0 Å². The minimum atomic E-state index is -1.06. The summed E-state index contributed by atoms with van der Waals surface area (Å²) in [5, 5.41) is 14.7. The maximum Gasteiger partial charge on any atom is 0.407 e. The molecule has 8 heteroatoms. The molecule has 2 aromatic rings. The van der Waals surface area contributed by atoms with Crippen molar-refractivity contribution >= 4 is 18.0 Å². The van der Waals surface area contributed by atoms with E-state index in [9.17, 15) is 19.5 Å². The lowest BCUT2D eigenvalue weighted by Gasteiger charge is -2.25. The van der Waals surface area contributed by atoms with Crippen LogP contribution in [0.1, 0.15) is 43.7 Å². The van der Waals surface area contributed by atoms with Gasteiger partial charge in [0.2, 0.25) is 5.91 Å². The first kappa shape index (κ1) is 26.2. The van der Waals surface area contributed by atoms with Crippen molar-refractivity contribution in [3.63, 3.8) is 0 Å². The van der Waals surface area contributed by atoms with Gasteiger partial charge in [-0.1, -0.05) is 62.4 Å². The number of hydrogen-bond donors (Lipinski definition) is 3. The van der Waals surface area contributed by atoms with Crippen LogP contribution in [0.15, 0.2) is 48.5 Å². The molecule has 0 saturated carbocycles. The summed E-state index contributed by atoms with van der Waals surface area (Å²) >= 11 is 0. The molecule has 0 aromatic heterocycles. The molecule has 35 heavy (non-hydrogen) atoms. The van der Waals surface area contributed by atoms with Crippen LogP contribution in [0.4, 0.5) is 4.79 Å². The number of carbonyl (C=O) groups excluding carboxylic acids is 2. The summed E-state index contributed by atoms with van der Waals surface area (Å²) in [6.07, 6.45) is -0.163. The van der Waals surface area contributed by atoms with E-state index in [4.69, 9.17) is 4.74 Å². The highest BCUT2D eigenvalue weighted by Crippen LogP contribution is 2.44. The predicted molar refractivity (Wildman–Crippen MR) is 134 cm³/mol. The monoisotopic (exact) mass is 481 g/mol. The Hall–Kier alpha value is -3.39. The number of carboxylic acids is 1. The van der Waals surface area contributed by atoms with Gasteiger partial charge in [0.25, 0.3) is 0 Å². The maximum absolute atomic E-state index is 12.5. The summed E-state index contributed by atoms with van der Waals surface area (Å²) in [5.41, 5.74) is 4.02. The first-order valence-corrected chi connectivity index (χ1v) is 11.8. The Morgan fingerprint density at radius 2 is 1.60 bits per heavy atom. The Labute approximate surface area is 206 Å². The van der Waals surface area contributed by atoms with E-state index in [0.29, 0.717) is 13.0 Å². The van der Waals surface area contributed by atoms with Crippen LogP contribution in [-0.4, -0.2) is 67.8 Å². The zero-order valence-corrected chi connectivity index (χ0v) is 20.8. The number of benzene rings is 2. The third-order valence-corrected chi connectivity index (χ3v) is 6.19. The lowest BCUT2D eigenvalue weighted by molar-refractivity contribution is -0.142. The van der Waals surface area contributed by atoms with Gasteiger partial charge in [0.1, 0.15) is 12.6 Å². The molecular weight excluding hydrogens is 446 g/mol. The van der Waals surface area contributed by atoms with Gasteiger partial charge in [0.05, 0.1) is 0 Å². The summed E-state index contributed by atoms with van der Waals surface area (Å²) in [6.45, 7) is 4.65. The Morgan fingerprint density at radius 1 is 1.03 bits per heavy atom. The molecule has 0 saturated heterocycles. The molecule has 0 radical (unpaired) electrons. The number of amides is 2. The second-order valence-electron chi connectivity index (χ2n) is 10.1. The van der Waals surface area contributed by atoms with Crippen molar-refractivity contribution in [2.24, 2.45) is 5.41 Å². The molecule has 0 heterocycles. The highest BCUT2D eigenvalue weighted by Gasteiger charge is 2.30. The lowest BCUT2D eigenvalue weighted by atomic mass is 9.88. The average Bonchev–Trinajstić information content (AvgIpc) is 3.12. The average molecular weight is 482 g/mol. The van der Waals surface area contributed by atoms with Crippen molar-refractivity contribution in [1.29, 1.82) is 0 Å². The van der Waals surface area contributed by atoms with Crippen molar-refractivity contribution in [3.05, 3.63) is 59.7 Å². The Morgan fingerprint density at radius 3 is 2.14 bits per heavy atom. The molecule has 1 unspecified atom stereocenters. The number of carbonyl (C=O) groups is 3. The standard InChI is InChI=1S/C27H35N3O5/c1-27(2,15-24(31)29-23(25(32)33)13-14-30(3)4)17-28-26(34)35-16-22-20-11-7-5-9-18(20)19-10-6-8-12-21(19)22/h5-12,22-23H,13-17H2,1-4H3,(H,28,34)(H,29,31)(H,32,33). The molecule has 1 aliphatic carbocycles. The van der Waals surface area contributed by atoms with Gasteiger partial charge in [-0.25, -0.2) is 9.59 Å². The van der Waals surface area contributed by atoms with Gasteiger partial charge in [-0.05, 0) is 48.2 Å². The smallest absolute Gasteiger partial charge is 0.407 e. The Balaban J connectivity index is 1.49. The summed E-state index contributed by atoms with van der Waals surface area (Å²) < 4.78 is 5.56. The number of rotatable bonds is 11. The van der Waals surface area contributed by atoms with Gasteiger partial charge < -0.3 is 25.4 Å². The summed E-state index contributed by atoms with van der Waals surface area (Å²) in [5.74, 6) is -1.45. The largest absolute Gasteiger partial charge is 0.480 e. The lowest BCUT2D eigenvalue weighted by Crippen LogP contribution is -2.45. The number of fused-ring (bicyclic) bond motifs is 3. The SMILES string of the molecule is CN(C)CCC(NC(=O)CC(C)(C)CNC(=O)OCC1c2ccccc2-c2ccccc21)C(=O)O. The third kappa shape index (κ3) is 7.05. The van der Waals surface area contributed by atoms with Crippen LogP contribution in [-0.2, 0) is 14.3 Å². The van der Waals surface area contributed by atoms with Crippen LogP contribution in [0.3, 0.4) is 0 Å². The van der Waals surface area contributed by atoms with E-state index >= 15 is 0 Å². The second kappa shape index (κ2) is 11.4. The maximum atomic E-state index is 12.5. The Kier molecular flexibility index (Phi) is 8.51. The van der Waals surface area contributed by atoms with Crippen LogP contribution in [0, 0.1) is 5.41 Å². The van der Waals surface area contributed by atoms with E-state index in [-0.39, 0.29) is 31.4 Å². The summed E-state index contributed by atoms with van der Waals surface area (Å²) in [4.78, 5) is 38.2. The van der Waals surface area contributed by atoms with Crippen molar-refractivity contribution in [1.82, 2.24) is 15.5 Å².